The number of carbonyl (C=O) groups is 1. The number of hydrogen-bond donors (Lipinski definition) is 2. The maximum absolute atomic E-state index is 13.3. The third kappa shape index (κ3) is 4.20. The molecular formula is C24H25N3O3S. The van der Waals surface area contributed by atoms with Gasteiger partial charge in [0.25, 0.3) is 5.91 Å². The van der Waals surface area contributed by atoms with Gasteiger partial charge in [0.2, 0.25) is 0 Å². The lowest BCUT2D eigenvalue weighted by atomic mass is 9.94. The van der Waals surface area contributed by atoms with Crippen LogP contribution in [0.25, 0.3) is 11.0 Å². The minimum atomic E-state index is -0.743. The van der Waals surface area contributed by atoms with Crippen molar-refractivity contribution in [3.8, 4) is 0 Å². The third-order valence-corrected chi connectivity index (χ3v) is 7.23. The largest absolute Gasteiger partial charge is 0.464 e. The second-order valence-corrected chi connectivity index (χ2v) is 9.11. The molecule has 1 aromatic carbocycles. The Kier molecular flexibility index (Phi) is 5.70. The van der Waals surface area contributed by atoms with E-state index < -0.39 is 6.23 Å². The number of benzene rings is 1. The quantitative estimate of drug-likeness (QED) is 0.531. The van der Waals surface area contributed by atoms with Gasteiger partial charge in [-0.15, -0.1) is 11.8 Å². The molecule has 1 aliphatic carbocycles. The molecule has 0 saturated carbocycles. The third-order valence-electron chi connectivity index (χ3n) is 5.87. The second kappa shape index (κ2) is 8.77. The maximum atomic E-state index is 13.3. The number of pyridine rings is 1. The molecule has 0 spiro atoms. The Bertz CT molecular complexity index is 1110. The first-order valence-electron chi connectivity index (χ1n) is 10.7. The first-order valence-corrected chi connectivity index (χ1v) is 11.7. The summed E-state index contributed by atoms with van der Waals surface area (Å²) < 4.78 is 5.44. The van der Waals surface area contributed by atoms with Crippen molar-refractivity contribution in [2.45, 2.75) is 43.8 Å². The molecule has 3 aromatic rings. The van der Waals surface area contributed by atoms with Crippen LogP contribution in [0.3, 0.4) is 0 Å². The highest BCUT2D eigenvalue weighted by molar-refractivity contribution is 8.00. The molecule has 2 N–H and O–H groups in total. The first kappa shape index (κ1) is 20.2. The van der Waals surface area contributed by atoms with Gasteiger partial charge >= 0.3 is 0 Å². The fraction of sp³-hybridized carbons (Fsp3) is 0.333. The fourth-order valence-electron chi connectivity index (χ4n) is 4.41. The number of nitrogens with zero attached hydrogens (tertiary/aromatic N) is 2. The van der Waals surface area contributed by atoms with Crippen LogP contribution < -0.4 is 5.32 Å². The smallest absolute Gasteiger partial charge is 0.251 e. The highest BCUT2D eigenvalue weighted by atomic mass is 32.2. The van der Waals surface area contributed by atoms with Gasteiger partial charge in [-0.2, -0.15) is 0 Å². The van der Waals surface area contributed by atoms with Crippen LogP contribution in [0, 0.1) is 0 Å². The number of nitrogens with one attached hydrogen (secondary N) is 1. The summed E-state index contributed by atoms with van der Waals surface area (Å²) in [5, 5.41) is 14.5. The molecule has 2 aliphatic rings. The fourth-order valence-corrected chi connectivity index (χ4v) is 5.67. The van der Waals surface area contributed by atoms with Crippen molar-refractivity contribution >= 4 is 34.5 Å². The number of rotatable bonds is 7. The van der Waals surface area contributed by atoms with Crippen molar-refractivity contribution < 1.29 is 14.3 Å². The van der Waals surface area contributed by atoms with E-state index >= 15 is 0 Å². The number of fused-ring (bicyclic) bond motifs is 1. The Morgan fingerprint density at radius 1 is 1.23 bits per heavy atom. The zero-order chi connectivity index (χ0) is 21.2. The highest BCUT2D eigenvalue weighted by Crippen LogP contribution is 2.42. The molecule has 2 aromatic heterocycles. The molecule has 160 valence electrons. The summed E-state index contributed by atoms with van der Waals surface area (Å²) in [6.07, 6.45) is 6.64. The molecule has 1 amide bonds. The van der Waals surface area contributed by atoms with Crippen molar-refractivity contribution in [1.29, 1.82) is 0 Å². The molecule has 2 atom stereocenters. The first-order chi connectivity index (χ1) is 15.2. The van der Waals surface area contributed by atoms with E-state index in [1.54, 1.807) is 24.2 Å². The Morgan fingerprint density at radius 2 is 2.13 bits per heavy atom. The zero-order valence-electron chi connectivity index (χ0n) is 17.2. The van der Waals surface area contributed by atoms with E-state index in [4.69, 9.17) is 4.42 Å². The molecule has 31 heavy (non-hydrogen) atoms. The number of furan rings is 1. The topological polar surface area (TPSA) is 78.6 Å². The summed E-state index contributed by atoms with van der Waals surface area (Å²) in [5.41, 5.74) is 4.17. The van der Waals surface area contributed by atoms with Crippen LogP contribution >= 0.6 is 11.8 Å². The zero-order valence-corrected chi connectivity index (χ0v) is 18.0. The van der Waals surface area contributed by atoms with Crippen molar-refractivity contribution in [2.24, 2.45) is 0 Å². The van der Waals surface area contributed by atoms with E-state index in [2.05, 4.69) is 16.4 Å². The van der Waals surface area contributed by atoms with Crippen LogP contribution in [-0.2, 0) is 11.3 Å². The van der Waals surface area contributed by atoms with Crippen LogP contribution in [0.5, 0.6) is 0 Å². The Hall–Kier alpha value is -2.77. The van der Waals surface area contributed by atoms with Crippen molar-refractivity contribution in [1.82, 2.24) is 9.88 Å². The Morgan fingerprint density at radius 3 is 3.00 bits per heavy atom. The van der Waals surface area contributed by atoms with E-state index in [1.165, 1.54) is 5.57 Å². The van der Waals surface area contributed by atoms with Gasteiger partial charge in [0.05, 0.1) is 6.26 Å². The number of aliphatic hydroxyl groups is 1. The molecule has 3 heterocycles. The van der Waals surface area contributed by atoms with E-state index in [1.807, 2.05) is 41.3 Å². The molecule has 0 bridgehead atoms. The summed E-state index contributed by atoms with van der Waals surface area (Å²) in [5.74, 6) is 1.25. The molecule has 1 aliphatic heterocycles. The molecule has 7 heteroatoms. The van der Waals surface area contributed by atoms with Gasteiger partial charge in [0.15, 0.2) is 0 Å². The lowest BCUT2D eigenvalue weighted by molar-refractivity contribution is -0.126. The number of aliphatic hydroxyl groups excluding tert-OH is 1. The lowest BCUT2D eigenvalue weighted by Gasteiger charge is -2.28. The van der Waals surface area contributed by atoms with Crippen LogP contribution in [0.1, 0.15) is 31.2 Å². The predicted molar refractivity (Wildman–Crippen MR) is 122 cm³/mol. The monoisotopic (exact) mass is 435 g/mol. The van der Waals surface area contributed by atoms with Crippen molar-refractivity contribution in [3.63, 3.8) is 0 Å². The van der Waals surface area contributed by atoms with E-state index in [-0.39, 0.29) is 11.3 Å². The molecule has 0 fully saturated rings. The molecular weight excluding hydrogens is 410 g/mol. The van der Waals surface area contributed by atoms with Gasteiger partial charge < -0.3 is 19.7 Å². The molecule has 5 rings (SSSR count). The molecule has 0 saturated heterocycles. The van der Waals surface area contributed by atoms with E-state index in [0.29, 0.717) is 18.1 Å². The summed E-state index contributed by atoms with van der Waals surface area (Å²) in [4.78, 5) is 19.4. The number of thioether (sulfide) groups is 1. The number of carbonyl (C=O) groups excluding carboxylic acids is 1. The average Bonchev–Trinajstić information content (AvgIpc) is 3.36. The normalized spacial score (nSPS) is 19.7. The SMILES string of the molecule is O=C1C2=C(CCCC2)C(SCC(O)Nc2ccccn2)N1Cc1ccc2occc2c1. The molecule has 6 nitrogen and oxygen atoms in total. The molecule has 2 unspecified atom stereocenters. The van der Waals surface area contributed by atoms with Gasteiger partial charge in [-0.1, -0.05) is 12.1 Å². The van der Waals surface area contributed by atoms with Crippen molar-refractivity contribution in [3.05, 3.63) is 71.6 Å². The Balaban J connectivity index is 1.32. The van der Waals surface area contributed by atoms with Gasteiger partial charge in [0, 0.05) is 29.5 Å². The van der Waals surface area contributed by atoms with E-state index in [0.717, 1.165) is 47.8 Å². The Labute approximate surface area is 185 Å². The summed E-state index contributed by atoms with van der Waals surface area (Å²) in [6, 6.07) is 13.6. The summed E-state index contributed by atoms with van der Waals surface area (Å²) in [7, 11) is 0. The maximum Gasteiger partial charge on any atom is 0.251 e. The lowest BCUT2D eigenvalue weighted by Crippen LogP contribution is -2.34. The van der Waals surface area contributed by atoms with E-state index in [9.17, 15) is 9.90 Å². The van der Waals surface area contributed by atoms with Gasteiger partial charge in [0.1, 0.15) is 23.0 Å². The minimum absolute atomic E-state index is 0.0389. The van der Waals surface area contributed by atoms with Crippen LogP contribution in [0.15, 0.2) is 70.5 Å². The number of aromatic nitrogens is 1. The predicted octanol–water partition coefficient (Wildman–Crippen LogP) is 4.53. The van der Waals surface area contributed by atoms with Gasteiger partial charge in [-0.3, -0.25) is 4.79 Å². The van der Waals surface area contributed by atoms with Gasteiger partial charge in [-0.25, -0.2) is 4.98 Å². The number of anilines is 1. The van der Waals surface area contributed by atoms with Gasteiger partial charge in [-0.05, 0) is 67.2 Å². The summed E-state index contributed by atoms with van der Waals surface area (Å²) >= 11 is 1.62. The summed E-state index contributed by atoms with van der Waals surface area (Å²) in [6.45, 7) is 0.550. The average molecular weight is 436 g/mol. The second-order valence-electron chi connectivity index (χ2n) is 8.00. The minimum Gasteiger partial charge on any atom is -0.464 e. The number of amides is 1. The number of hydrogen-bond acceptors (Lipinski definition) is 6. The van der Waals surface area contributed by atoms with Crippen LogP contribution in [0.4, 0.5) is 5.82 Å². The highest BCUT2D eigenvalue weighted by Gasteiger charge is 2.40. The van der Waals surface area contributed by atoms with Crippen LogP contribution in [-0.4, -0.2) is 38.3 Å². The van der Waals surface area contributed by atoms with Crippen molar-refractivity contribution in [2.75, 3.05) is 11.1 Å². The molecule has 0 radical (unpaired) electrons. The standard InChI is InChI=1S/C24H25N3O3S/c28-22(26-21-7-3-4-11-25-21)15-31-24-19-6-2-1-5-18(19)23(29)27(24)14-16-8-9-20-17(13-16)10-12-30-20/h3-4,7-13,22,24,28H,1-2,5-6,14-15H2,(H,25,26). The van der Waals surface area contributed by atoms with Crippen LogP contribution in [0.2, 0.25) is 0 Å².